The topological polar surface area (TPSA) is 71.7 Å². The van der Waals surface area contributed by atoms with Gasteiger partial charge in [0.05, 0.1) is 16.8 Å². The number of hydrogen-bond acceptors (Lipinski definition) is 5. The molecule has 0 aliphatic heterocycles. The molecule has 0 amide bonds. The highest BCUT2D eigenvalue weighted by Crippen LogP contribution is 2.30. The van der Waals surface area contributed by atoms with Crippen LogP contribution in [0.2, 0.25) is 0 Å². The number of rotatable bonds is 7. The summed E-state index contributed by atoms with van der Waals surface area (Å²) in [6.45, 7) is 2.10. The summed E-state index contributed by atoms with van der Waals surface area (Å²) in [5, 5.41) is 7.38. The summed E-state index contributed by atoms with van der Waals surface area (Å²) in [6, 6.07) is 12.0. The first-order chi connectivity index (χ1) is 12.3. The molecule has 0 aliphatic rings. The van der Waals surface area contributed by atoms with Crippen molar-refractivity contribution in [2.24, 2.45) is 4.99 Å². The van der Waals surface area contributed by atoms with Gasteiger partial charge in [-0.1, -0.05) is 12.1 Å². The van der Waals surface area contributed by atoms with Gasteiger partial charge in [-0.15, -0.1) is 35.3 Å². The lowest BCUT2D eigenvalue weighted by Gasteiger charge is -2.10. The van der Waals surface area contributed by atoms with Crippen LogP contribution in [0.15, 0.2) is 45.8 Å². The van der Waals surface area contributed by atoms with Crippen molar-refractivity contribution in [1.82, 2.24) is 15.6 Å². The Labute approximate surface area is 174 Å². The molecule has 2 N–H and O–H groups in total. The van der Waals surface area contributed by atoms with Gasteiger partial charge in [0.2, 0.25) is 0 Å². The highest BCUT2D eigenvalue weighted by atomic mass is 127. The van der Waals surface area contributed by atoms with Crippen molar-refractivity contribution in [3.05, 3.63) is 42.2 Å². The Morgan fingerprint density at radius 1 is 1.23 bits per heavy atom. The molecular weight excluding hydrogens is 463 g/mol. The van der Waals surface area contributed by atoms with Crippen LogP contribution in [-0.2, 0) is 11.3 Å². The predicted molar refractivity (Wildman–Crippen MR) is 117 cm³/mol. The minimum atomic E-state index is 0. The number of hydrogen-bond donors (Lipinski definition) is 2. The maximum atomic E-state index is 5.92. The van der Waals surface area contributed by atoms with E-state index in [9.17, 15) is 0 Å². The van der Waals surface area contributed by atoms with Crippen LogP contribution in [0.3, 0.4) is 0 Å². The van der Waals surface area contributed by atoms with E-state index in [1.165, 1.54) is 0 Å². The summed E-state index contributed by atoms with van der Waals surface area (Å²) in [5.74, 6) is 2.38. The van der Waals surface area contributed by atoms with Gasteiger partial charge in [-0.05, 0) is 30.7 Å². The second kappa shape index (κ2) is 10.5. The number of aliphatic imine (C=N–C) groups is 1. The van der Waals surface area contributed by atoms with Crippen LogP contribution < -0.4 is 10.6 Å². The summed E-state index contributed by atoms with van der Waals surface area (Å²) in [6.07, 6.45) is 0.930. The van der Waals surface area contributed by atoms with Crippen LogP contribution in [0.5, 0.6) is 0 Å². The Hall–Kier alpha value is -1.65. The number of aromatic nitrogens is 1. The second-order valence-electron chi connectivity index (χ2n) is 5.45. The molecule has 0 fully saturated rings. The number of fused-ring (bicyclic) bond motifs is 1. The zero-order valence-electron chi connectivity index (χ0n) is 14.8. The first kappa shape index (κ1) is 20.7. The van der Waals surface area contributed by atoms with Gasteiger partial charge in [0.25, 0.3) is 0 Å². The lowest BCUT2D eigenvalue weighted by molar-refractivity contribution is 0.195. The van der Waals surface area contributed by atoms with Crippen LogP contribution in [0.4, 0.5) is 0 Å². The highest BCUT2D eigenvalue weighted by molar-refractivity contribution is 14.0. The number of thiazole rings is 1. The number of guanidine groups is 1. The third kappa shape index (κ3) is 5.42. The van der Waals surface area contributed by atoms with Gasteiger partial charge < -0.3 is 19.8 Å². The number of benzene rings is 1. The molecule has 0 aliphatic carbocycles. The van der Waals surface area contributed by atoms with Gasteiger partial charge in [-0.2, -0.15) is 0 Å². The van der Waals surface area contributed by atoms with E-state index in [4.69, 9.17) is 9.15 Å². The summed E-state index contributed by atoms with van der Waals surface area (Å²) < 4.78 is 12.1. The smallest absolute Gasteiger partial charge is 0.191 e. The molecule has 140 valence electrons. The summed E-state index contributed by atoms with van der Waals surface area (Å²) >= 11 is 1.64. The van der Waals surface area contributed by atoms with Gasteiger partial charge >= 0.3 is 0 Å². The first-order valence-corrected chi connectivity index (χ1v) is 9.00. The van der Waals surface area contributed by atoms with E-state index in [0.717, 1.165) is 52.3 Å². The van der Waals surface area contributed by atoms with E-state index >= 15 is 0 Å². The molecule has 6 nitrogen and oxygen atoms in total. The van der Waals surface area contributed by atoms with Crippen molar-refractivity contribution in [3.63, 3.8) is 0 Å². The van der Waals surface area contributed by atoms with Gasteiger partial charge in [0, 0.05) is 27.3 Å². The molecule has 3 rings (SSSR count). The summed E-state index contributed by atoms with van der Waals surface area (Å²) in [7, 11) is 3.45. The van der Waals surface area contributed by atoms with E-state index in [1.807, 2.05) is 30.3 Å². The lowest BCUT2D eigenvalue weighted by atomic mass is 10.3. The molecule has 0 unspecified atom stereocenters. The molecule has 0 spiro atoms. The highest BCUT2D eigenvalue weighted by Gasteiger charge is 2.10. The minimum Gasteiger partial charge on any atom is -0.457 e. The van der Waals surface area contributed by atoms with Crippen LogP contribution >= 0.6 is 35.3 Å². The molecule has 0 saturated heterocycles. The number of para-hydroxylation sites is 1. The predicted octanol–water partition coefficient (Wildman–Crippen LogP) is 3.88. The molecule has 2 heterocycles. The summed E-state index contributed by atoms with van der Waals surface area (Å²) in [5.41, 5.74) is 0.999. The SMILES string of the molecule is CN=C(NCCCOC)NCc1ccc(-c2nc3ccccc3s2)o1.I. The van der Waals surface area contributed by atoms with E-state index in [2.05, 4.69) is 26.7 Å². The molecule has 3 aromatic rings. The molecule has 0 radical (unpaired) electrons. The fourth-order valence-electron chi connectivity index (χ4n) is 2.38. The third-order valence-corrected chi connectivity index (χ3v) is 4.69. The van der Waals surface area contributed by atoms with Crippen molar-refractivity contribution < 1.29 is 9.15 Å². The molecule has 26 heavy (non-hydrogen) atoms. The van der Waals surface area contributed by atoms with E-state index in [1.54, 1.807) is 25.5 Å². The zero-order chi connectivity index (χ0) is 17.5. The third-order valence-electron chi connectivity index (χ3n) is 3.64. The maximum Gasteiger partial charge on any atom is 0.191 e. The van der Waals surface area contributed by atoms with Gasteiger partial charge in [0.1, 0.15) is 5.76 Å². The first-order valence-electron chi connectivity index (χ1n) is 8.18. The molecule has 1 aromatic carbocycles. The standard InChI is InChI=1S/C18H22N4O2S.HI/c1-19-18(20-10-5-11-23-2)21-12-13-8-9-15(24-13)17-22-14-6-3-4-7-16(14)25-17;/h3-4,6-9H,5,10-12H2,1-2H3,(H2,19,20,21);1H. The molecular formula is C18H23IN4O2S. The molecule has 0 saturated carbocycles. The van der Waals surface area contributed by atoms with Gasteiger partial charge in [-0.25, -0.2) is 4.98 Å². The van der Waals surface area contributed by atoms with Crippen LogP contribution in [0.25, 0.3) is 21.0 Å². The zero-order valence-corrected chi connectivity index (χ0v) is 18.0. The number of halogens is 1. The average Bonchev–Trinajstić information content (AvgIpc) is 3.27. The molecule has 2 aromatic heterocycles. The number of methoxy groups -OCH3 is 1. The monoisotopic (exact) mass is 486 g/mol. The Kier molecular flexibility index (Phi) is 8.33. The Morgan fingerprint density at radius 3 is 2.85 bits per heavy atom. The Bertz CT molecular complexity index is 813. The fraction of sp³-hybridized carbons (Fsp3) is 0.333. The fourth-order valence-corrected chi connectivity index (χ4v) is 3.31. The second-order valence-corrected chi connectivity index (χ2v) is 6.48. The number of nitrogens with zero attached hydrogens (tertiary/aromatic N) is 2. The van der Waals surface area contributed by atoms with E-state index < -0.39 is 0 Å². The minimum absolute atomic E-state index is 0. The quantitative estimate of drug-likeness (QED) is 0.230. The maximum absolute atomic E-state index is 5.92. The Morgan fingerprint density at radius 2 is 2.08 bits per heavy atom. The molecule has 8 heteroatoms. The van der Waals surface area contributed by atoms with Gasteiger partial charge in [-0.3, -0.25) is 4.99 Å². The van der Waals surface area contributed by atoms with Crippen LogP contribution in [0, 0.1) is 0 Å². The van der Waals surface area contributed by atoms with E-state index in [-0.39, 0.29) is 24.0 Å². The van der Waals surface area contributed by atoms with Crippen LogP contribution in [-0.4, -0.2) is 38.3 Å². The average molecular weight is 486 g/mol. The van der Waals surface area contributed by atoms with Crippen molar-refractivity contribution in [3.8, 4) is 10.8 Å². The van der Waals surface area contributed by atoms with Crippen molar-refractivity contribution in [1.29, 1.82) is 0 Å². The lowest BCUT2D eigenvalue weighted by Crippen LogP contribution is -2.37. The number of ether oxygens (including phenoxy) is 1. The molecule has 0 atom stereocenters. The van der Waals surface area contributed by atoms with Crippen molar-refractivity contribution in [2.45, 2.75) is 13.0 Å². The normalized spacial score (nSPS) is 11.4. The summed E-state index contributed by atoms with van der Waals surface area (Å²) in [4.78, 5) is 8.82. The van der Waals surface area contributed by atoms with E-state index in [0.29, 0.717) is 6.54 Å². The number of nitrogens with one attached hydrogen (secondary N) is 2. The largest absolute Gasteiger partial charge is 0.457 e. The van der Waals surface area contributed by atoms with Crippen LogP contribution in [0.1, 0.15) is 12.2 Å². The van der Waals surface area contributed by atoms with Crippen molar-refractivity contribution in [2.75, 3.05) is 27.3 Å². The van der Waals surface area contributed by atoms with Crippen molar-refractivity contribution >= 4 is 51.5 Å². The number of furan rings is 1. The Balaban J connectivity index is 0.00000243. The van der Waals surface area contributed by atoms with Gasteiger partial charge in [0.15, 0.2) is 16.7 Å². The molecule has 0 bridgehead atoms.